The number of furan rings is 1. The molecule has 0 aliphatic rings. The van der Waals surface area contributed by atoms with E-state index in [-0.39, 0.29) is 23.8 Å². The fraction of sp³-hybridized carbons (Fsp3) is 0.214. The van der Waals surface area contributed by atoms with Crippen molar-refractivity contribution in [1.29, 1.82) is 0 Å². The summed E-state index contributed by atoms with van der Waals surface area (Å²) in [5.41, 5.74) is -0.102. The molecule has 0 atom stereocenters. The van der Waals surface area contributed by atoms with Crippen LogP contribution in [0, 0.1) is 10.1 Å². The lowest BCUT2D eigenvalue weighted by atomic mass is 10.2. The number of anilines is 1. The predicted molar refractivity (Wildman–Crippen MR) is 78.7 cm³/mol. The lowest BCUT2D eigenvalue weighted by Gasteiger charge is -2.08. The lowest BCUT2D eigenvalue weighted by Crippen LogP contribution is -2.27. The van der Waals surface area contributed by atoms with Crippen molar-refractivity contribution in [2.24, 2.45) is 0 Å². The normalized spacial score (nSPS) is 10.2. The van der Waals surface area contributed by atoms with Gasteiger partial charge in [-0.25, -0.2) is 0 Å². The fourth-order valence-electron chi connectivity index (χ4n) is 1.80. The number of amides is 1. The summed E-state index contributed by atoms with van der Waals surface area (Å²) < 4.78 is 10.0. The SMILES string of the molecule is COc1ccc(NC(=O)CNCc2ccco2)c([N+](=O)[O-])c1. The molecule has 8 heteroatoms. The monoisotopic (exact) mass is 305 g/mol. The van der Waals surface area contributed by atoms with Crippen LogP contribution in [0.2, 0.25) is 0 Å². The molecule has 1 aromatic heterocycles. The molecule has 22 heavy (non-hydrogen) atoms. The molecule has 1 aromatic carbocycles. The minimum absolute atomic E-state index is 0.00385. The van der Waals surface area contributed by atoms with E-state index in [2.05, 4.69) is 10.6 Å². The Morgan fingerprint density at radius 2 is 2.23 bits per heavy atom. The molecule has 116 valence electrons. The van der Waals surface area contributed by atoms with Crippen LogP contribution in [0.3, 0.4) is 0 Å². The third kappa shape index (κ3) is 4.06. The molecule has 0 unspecified atom stereocenters. The van der Waals surface area contributed by atoms with Crippen LogP contribution in [0.4, 0.5) is 11.4 Å². The Labute approximate surface area is 126 Å². The largest absolute Gasteiger partial charge is 0.496 e. The first kappa shape index (κ1) is 15.5. The molecule has 2 rings (SSSR count). The van der Waals surface area contributed by atoms with Gasteiger partial charge in [-0.05, 0) is 24.3 Å². The van der Waals surface area contributed by atoms with Gasteiger partial charge in [-0.15, -0.1) is 0 Å². The highest BCUT2D eigenvalue weighted by molar-refractivity contribution is 5.94. The topological polar surface area (TPSA) is 107 Å². The molecule has 2 aromatic rings. The second-order valence-corrected chi connectivity index (χ2v) is 4.37. The number of nitrogens with zero attached hydrogens (tertiary/aromatic N) is 1. The molecule has 8 nitrogen and oxygen atoms in total. The Kier molecular flexibility index (Phi) is 5.10. The highest BCUT2D eigenvalue weighted by Crippen LogP contribution is 2.28. The zero-order valence-electron chi connectivity index (χ0n) is 11.9. The van der Waals surface area contributed by atoms with Crippen LogP contribution in [0.1, 0.15) is 5.76 Å². The lowest BCUT2D eigenvalue weighted by molar-refractivity contribution is -0.384. The fourth-order valence-corrected chi connectivity index (χ4v) is 1.80. The molecule has 1 amide bonds. The maximum atomic E-state index is 11.8. The molecular formula is C14H15N3O5. The van der Waals surface area contributed by atoms with Gasteiger partial charge < -0.3 is 19.8 Å². The molecule has 2 N–H and O–H groups in total. The summed E-state index contributed by atoms with van der Waals surface area (Å²) in [7, 11) is 1.41. The summed E-state index contributed by atoms with van der Waals surface area (Å²) in [6.45, 7) is 0.398. The number of hydrogen-bond donors (Lipinski definition) is 2. The minimum Gasteiger partial charge on any atom is -0.496 e. The number of hydrogen-bond acceptors (Lipinski definition) is 6. The van der Waals surface area contributed by atoms with E-state index in [0.29, 0.717) is 18.1 Å². The number of methoxy groups -OCH3 is 1. The van der Waals surface area contributed by atoms with Gasteiger partial charge in [0.2, 0.25) is 5.91 Å². The van der Waals surface area contributed by atoms with Crippen LogP contribution < -0.4 is 15.4 Å². The number of nitro benzene ring substituents is 1. The summed E-state index contributed by atoms with van der Waals surface area (Å²) in [5.74, 6) is 0.656. The van der Waals surface area contributed by atoms with Crippen molar-refractivity contribution < 1.29 is 18.9 Å². The Morgan fingerprint density at radius 1 is 1.41 bits per heavy atom. The molecule has 0 fully saturated rings. The number of nitrogens with one attached hydrogen (secondary N) is 2. The van der Waals surface area contributed by atoms with Crippen molar-refractivity contribution in [3.8, 4) is 5.75 Å². The van der Waals surface area contributed by atoms with E-state index in [1.165, 1.54) is 25.5 Å². The Balaban J connectivity index is 1.94. The van der Waals surface area contributed by atoms with Gasteiger partial charge in [-0.3, -0.25) is 14.9 Å². The summed E-state index contributed by atoms with van der Waals surface area (Å²) >= 11 is 0. The number of ether oxygens (including phenoxy) is 1. The molecule has 0 saturated carbocycles. The van der Waals surface area contributed by atoms with Crippen molar-refractivity contribution in [2.45, 2.75) is 6.54 Å². The number of carbonyl (C=O) groups is 1. The molecule has 0 aliphatic heterocycles. The van der Waals surface area contributed by atoms with Crippen LogP contribution in [0.5, 0.6) is 5.75 Å². The first-order valence-electron chi connectivity index (χ1n) is 6.45. The average Bonchev–Trinajstić information content (AvgIpc) is 3.00. The van der Waals surface area contributed by atoms with Crippen LogP contribution >= 0.6 is 0 Å². The molecule has 0 saturated heterocycles. The first-order chi connectivity index (χ1) is 10.6. The van der Waals surface area contributed by atoms with Crippen molar-refractivity contribution in [2.75, 3.05) is 19.0 Å². The van der Waals surface area contributed by atoms with Crippen LogP contribution in [0.25, 0.3) is 0 Å². The Hall–Kier alpha value is -2.87. The number of carbonyl (C=O) groups excluding carboxylic acids is 1. The summed E-state index contributed by atoms with van der Waals surface area (Å²) in [4.78, 5) is 22.2. The van der Waals surface area contributed by atoms with Gasteiger partial charge in [0.1, 0.15) is 17.2 Å². The van der Waals surface area contributed by atoms with Crippen LogP contribution in [-0.2, 0) is 11.3 Å². The van der Waals surface area contributed by atoms with Crippen molar-refractivity contribution in [3.63, 3.8) is 0 Å². The highest BCUT2D eigenvalue weighted by Gasteiger charge is 2.17. The van der Waals surface area contributed by atoms with Crippen LogP contribution in [-0.4, -0.2) is 24.5 Å². The van der Waals surface area contributed by atoms with Gasteiger partial charge in [0.05, 0.1) is 37.5 Å². The van der Waals surface area contributed by atoms with Crippen molar-refractivity contribution >= 4 is 17.3 Å². The Morgan fingerprint density at radius 3 is 2.86 bits per heavy atom. The van der Waals surface area contributed by atoms with E-state index in [0.717, 1.165) is 0 Å². The van der Waals surface area contributed by atoms with E-state index >= 15 is 0 Å². The van der Waals surface area contributed by atoms with Crippen molar-refractivity contribution in [3.05, 3.63) is 52.5 Å². The number of rotatable bonds is 7. The second-order valence-electron chi connectivity index (χ2n) is 4.37. The molecular weight excluding hydrogens is 290 g/mol. The third-order valence-electron chi connectivity index (χ3n) is 2.84. The second kappa shape index (κ2) is 7.23. The summed E-state index contributed by atoms with van der Waals surface area (Å²) in [5, 5.41) is 16.4. The Bertz CT molecular complexity index is 655. The van der Waals surface area contributed by atoms with E-state index < -0.39 is 4.92 Å². The predicted octanol–water partition coefficient (Wildman–Crippen LogP) is 1.92. The molecule has 0 bridgehead atoms. The summed E-state index contributed by atoms with van der Waals surface area (Å²) in [6.07, 6.45) is 1.54. The van der Waals surface area contributed by atoms with E-state index in [1.54, 1.807) is 18.2 Å². The van der Waals surface area contributed by atoms with Crippen molar-refractivity contribution in [1.82, 2.24) is 5.32 Å². The minimum atomic E-state index is -0.575. The van der Waals surface area contributed by atoms with Gasteiger partial charge in [0.25, 0.3) is 5.69 Å². The highest BCUT2D eigenvalue weighted by atomic mass is 16.6. The molecule has 0 aliphatic carbocycles. The van der Waals surface area contributed by atoms with Gasteiger partial charge in [0.15, 0.2) is 0 Å². The van der Waals surface area contributed by atoms with E-state index in [4.69, 9.17) is 9.15 Å². The molecule has 1 heterocycles. The van der Waals surface area contributed by atoms with Gasteiger partial charge >= 0.3 is 0 Å². The van der Waals surface area contributed by atoms with E-state index in [1.807, 2.05) is 0 Å². The maximum Gasteiger partial charge on any atom is 0.296 e. The molecule has 0 spiro atoms. The maximum absolute atomic E-state index is 11.8. The quantitative estimate of drug-likeness (QED) is 0.598. The van der Waals surface area contributed by atoms with Gasteiger partial charge in [0, 0.05) is 0 Å². The number of benzene rings is 1. The zero-order chi connectivity index (χ0) is 15.9. The first-order valence-corrected chi connectivity index (χ1v) is 6.45. The number of nitro groups is 1. The standard InChI is InChI=1S/C14H15N3O5/c1-21-10-4-5-12(13(7-10)17(19)20)16-14(18)9-15-8-11-3-2-6-22-11/h2-7,15H,8-9H2,1H3,(H,16,18). The van der Waals surface area contributed by atoms with Gasteiger partial charge in [-0.2, -0.15) is 0 Å². The van der Waals surface area contributed by atoms with E-state index in [9.17, 15) is 14.9 Å². The smallest absolute Gasteiger partial charge is 0.296 e. The third-order valence-corrected chi connectivity index (χ3v) is 2.84. The van der Waals surface area contributed by atoms with Gasteiger partial charge in [-0.1, -0.05) is 0 Å². The zero-order valence-corrected chi connectivity index (χ0v) is 11.9. The van der Waals surface area contributed by atoms with Crippen LogP contribution in [0.15, 0.2) is 41.0 Å². The summed E-state index contributed by atoms with van der Waals surface area (Å²) in [6, 6.07) is 7.75. The average molecular weight is 305 g/mol. The molecule has 0 radical (unpaired) electrons.